The van der Waals surface area contributed by atoms with E-state index in [0.29, 0.717) is 5.69 Å². The van der Waals surface area contributed by atoms with Crippen molar-refractivity contribution in [3.05, 3.63) is 36.0 Å². The molecular formula is C15H19N3O. The fraction of sp³-hybridized carbons (Fsp3) is 0.400. The lowest BCUT2D eigenvalue weighted by Crippen LogP contribution is -2.35. The number of rotatable bonds is 2. The van der Waals surface area contributed by atoms with E-state index in [1.54, 1.807) is 0 Å². The van der Waals surface area contributed by atoms with Gasteiger partial charge in [-0.25, -0.2) is 0 Å². The number of benzene rings is 1. The molecule has 2 heterocycles. The average molecular weight is 257 g/mol. The average Bonchev–Trinajstić information content (AvgIpc) is 2.70. The smallest absolute Gasteiger partial charge is 0.267 e. The molecule has 0 bridgehead atoms. The van der Waals surface area contributed by atoms with Gasteiger partial charge in [-0.3, -0.25) is 4.79 Å². The molecule has 1 aromatic carbocycles. The van der Waals surface area contributed by atoms with Gasteiger partial charge in [0.05, 0.1) is 0 Å². The van der Waals surface area contributed by atoms with E-state index in [2.05, 4.69) is 15.6 Å². The number of carbonyl (C=O) groups excluding carboxylic acids is 1. The van der Waals surface area contributed by atoms with Gasteiger partial charge in [0.2, 0.25) is 0 Å². The molecule has 1 saturated heterocycles. The molecule has 0 spiro atoms. The highest BCUT2D eigenvalue weighted by atomic mass is 16.1. The molecular weight excluding hydrogens is 238 g/mol. The van der Waals surface area contributed by atoms with Crippen LogP contribution in [0.1, 0.15) is 29.8 Å². The van der Waals surface area contributed by atoms with E-state index in [9.17, 15) is 4.79 Å². The molecule has 1 aromatic heterocycles. The Morgan fingerprint density at radius 3 is 3.00 bits per heavy atom. The number of fused-ring (bicyclic) bond motifs is 1. The van der Waals surface area contributed by atoms with E-state index in [0.717, 1.165) is 43.3 Å². The third kappa shape index (κ3) is 2.79. The molecule has 0 radical (unpaired) electrons. The number of carbonyl (C=O) groups is 1. The summed E-state index contributed by atoms with van der Waals surface area (Å²) in [6.07, 6.45) is 3.18. The topological polar surface area (TPSA) is 56.9 Å². The number of hydrogen-bond acceptors (Lipinski definition) is 2. The zero-order valence-corrected chi connectivity index (χ0v) is 10.9. The second-order valence-corrected chi connectivity index (χ2v) is 5.12. The molecule has 3 rings (SSSR count). The van der Waals surface area contributed by atoms with Gasteiger partial charge in [0, 0.05) is 16.9 Å². The molecule has 1 atom stereocenters. The number of para-hydroxylation sites is 1. The van der Waals surface area contributed by atoms with Crippen LogP contribution in [0.3, 0.4) is 0 Å². The number of aromatic nitrogens is 1. The fourth-order valence-electron chi connectivity index (χ4n) is 2.62. The second kappa shape index (κ2) is 5.45. The second-order valence-electron chi connectivity index (χ2n) is 5.12. The number of H-pyrrole nitrogens is 1. The first-order valence-corrected chi connectivity index (χ1v) is 6.92. The van der Waals surface area contributed by atoms with Crippen LogP contribution in [0.15, 0.2) is 30.3 Å². The van der Waals surface area contributed by atoms with Crippen molar-refractivity contribution in [3.8, 4) is 0 Å². The molecule has 0 aliphatic carbocycles. The third-order valence-corrected chi connectivity index (χ3v) is 3.69. The normalized spacial score (nSPS) is 20.1. The third-order valence-electron chi connectivity index (χ3n) is 3.69. The summed E-state index contributed by atoms with van der Waals surface area (Å²) in [5.74, 6) is 0.00287. The van der Waals surface area contributed by atoms with E-state index >= 15 is 0 Å². The molecule has 1 aliphatic heterocycles. The van der Waals surface area contributed by atoms with Crippen molar-refractivity contribution < 1.29 is 4.79 Å². The number of aromatic amines is 1. The van der Waals surface area contributed by atoms with Crippen molar-refractivity contribution in [1.29, 1.82) is 0 Å². The summed E-state index contributed by atoms with van der Waals surface area (Å²) in [7, 11) is 0. The maximum absolute atomic E-state index is 12.2. The molecule has 4 nitrogen and oxygen atoms in total. The van der Waals surface area contributed by atoms with E-state index in [1.165, 1.54) is 0 Å². The molecule has 1 amide bonds. The quantitative estimate of drug-likeness (QED) is 0.771. The van der Waals surface area contributed by atoms with Crippen LogP contribution >= 0.6 is 0 Å². The van der Waals surface area contributed by atoms with Crippen LogP contribution in [0.5, 0.6) is 0 Å². The molecule has 0 saturated carbocycles. The monoisotopic (exact) mass is 257 g/mol. The summed E-state index contributed by atoms with van der Waals surface area (Å²) in [5.41, 5.74) is 1.66. The Hall–Kier alpha value is -1.81. The summed E-state index contributed by atoms with van der Waals surface area (Å²) in [6.45, 7) is 2.04. The molecule has 19 heavy (non-hydrogen) atoms. The van der Waals surface area contributed by atoms with Gasteiger partial charge in [0.15, 0.2) is 0 Å². The summed E-state index contributed by atoms with van der Waals surface area (Å²) < 4.78 is 0. The van der Waals surface area contributed by atoms with E-state index in [4.69, 9.17) is 0 Å². The van der Waals surface area contributed by atoms with Crippen molar-refractivity contribution >= 4 is 16.8 Å². The molecule has 1 unspecified atom stereocenters. The van der Waals surface area contributed by atoms with E-state index < -0.39 is 0 Å². The van der Waals surface area contributed by atoms with Gasteiger partial charge in [-0.2, -0.15) is 0 Å². The van der Waals surface area contributed by atoms with Gasteiger partial charge >= 0.3 is 0 Å². The van der Waals surface area contributed by atoms with E-state index in [1.807, 2.05) is 30.3 Å². The lowest BCUT2D eigenvalue weighted by Gasteiger charge is -2.15. The summed E-state index contributed by atoms with van der Waals surface area (Å²) >= 11 is 0. The Labute approximate surface area is 112 Å². The van der Waals surface area contributed by atoms with Crippen LogP contribution in [0.4, 0.5) is 0 Å². The summed E-state index contributed by atoms with van der Waals surface area (Å²) in [5, 5.41) is 7.56. The minimum atomic E-state index is 0.00287. The maximum atomic E-state index is 12.2. The van der Waals surface area contributed by atoms with Crippen molar-refractivity contribution in [3.63, 3.8) is 0 Å². The molecule has 2 aromatic rings. The molecule has 1 fully saturated rings. The van der Waals surface area contributed by atoms with Crippen LogP contribution in [0.25, 0.3) is 10.9 Å². The highest BCUT2D eigenvalue weighted by molar-refractivity contribution is 5.98. The largest absolute Gasteiger partial charge is 0.351 e. The Kier molecular flexibility index (Phi) is 3.51. The van der Waals surface area contributed by atoms with Crippen molar-refractivity contribution in [1.82, 2.24) is 15.6 Å². The zero-order chi connectivity index (χ0) is 13.1. The predicted octanol–water partition coefficient (Wildman–Crippen LogP) is 2.04. The predicted molar refractivity (Wildman–Crippen MR) is 76.3 cm³/mol. The van der Waals surface area contributed by atoms with Gasteiger partial charge in [0.25, 0.3) is 5.91 Å². The van der Waals surface area contributed by atoms with Crippen LogP contribution in [-0.2, 0) is 0 Å². The maximum Gasteiger partial charge on any atom is 0.267 e. The molecule has 100 valence electrons. The SMILES string of the molecule is O=C(NC1CCCNCC1)c1cc2ccccc2[nH]1. The van der Waals surface area contributed by atoms with Gasteiger partial charge in [-0.1, -0.05) is 18.2 Å². The van der Waals surface area contributed by atoms with Crippen LogP contribution in [-0.4, -0.2) is 30.0 Å². The van der Waals surface area contributed by atoms with Crippen LogP contribution in [0.2, 0.25) is 0 Å². The Morgan fingerprint density at radius 2 is 2.11 bits per heavy atom. The molecule has 1 aliphatic rings. The first-order chi connectivity index (χ1) is 9.33. The van der Waals surface area contributed by atoms with Gasteiger partial charge in [0.1, 0.15) is 5.69 Å². The van der Waals surface area contributed by atoms with Crippen molar-refractivity contribution in [2.75, 3.05) is 13.1 Å². The summed E-state index contributed by atoms with van der Waals surface area (Å²) in [4.78, 5) is 15.4. The summed E-state index contributed by atoms with van der Waals surface area (Å²) in [6, 6.07) is 10.2. The van der Waals surface area contributed by atoms with Crippen molar-refractivity contribution in [2.24, 2.45) is 0 Å². The first kappa shape index (κ1) is 12.2. The lowest BCUT2D eigenvalue weighted by molar-refractivity contribution is 0.0930. The minimum Gasteiger partial charge on any atom is -0.351 e. The van der Waals surface area contributed by atoms with Crippen LogP contribution < -0.4 is 10.6 Å². The number of nitrogens with one attached hydrogen (secondary N) is 3. The Morgan fingerprint density at radius 1 is 1.21 bits per heavy atom. The Bertz CT molecular complexity index is 535. The van der Waals surface area contributed by atoms with Crippen LogP contribution in [0, 0.1) is 0 Å². The zero-order valence-electron chi connectivity index (χ0n) is 10.9. The Balaban J connectivity index is 1.72. The number of amides is 1. The van der Waals surface area contributed by atoms with Gasteiger partial charge < -0.3 is 15.6 Å². The highest BCUT2D eigenvalue weighted by Gasteiger charge is 2.16. The van der Waals surface area contributed by atoms with Crippen molar-refractivity contribution in [2.45, 2.75) is 25.3 Å². The van der Waals surface area contributed by atoms with E-state index in [-0.39, 0.29) is 11.9 Å². The highest BCUT2D eigenvalue weighted by Crippen LogP contribution is 2.15. The standard InChI is InChI=1S/C15H19N3O/c19-15(17-12-5-3-8-16-9-7-12)14-10-11-4-1-2-6-13(11)18-14/h1-2,4,6,10,12,16,18H,3,5,7-9H2,(H,17,19). The number of hydrogen-bond donors (Lipinski definition) is 3. The molecule has 4 heteroatoms. The van der Waals surface area contributed by atoms with Gasteiger partial charge in [-0.15, -0.1) is 0 Å². The molecule has 3 N–H and O–H groups in total. The fourth-order valence-corrected chi connectivity index (χ4v) is 2.62. The van der Waals surface area contributed by atoms with Gasteiger partial charge in [-0.05, 0) is 44.5 Å². The minimum absolute atomic E-state index is 0.00287. The first-order valence-electron chi connectivity index (χ1n) is 6.92. The lowest BCUT2D eigenvalue weighted by atomic mass is 10.1.